The summed E-state index contributed by atoms with van der Waals surface area (Å²) in [7, 11) is 1.59. The highest BCUT2D eigenvalue weighted by Gasteiger charge is 2.20. The molecule has 5 rings (SSSR count). The number of hydrogen-bond donors (Lipinski definition) is 1. The van der Waals surface area contributed by atoms with Gasteiger partial charge in [0.15, 0.2) is 0 Å². The number of halogens is 3. The highest BCUT2D eigenvalue weighted by Crippen LogP contribution is 2.40. The average Bonchev–Trinajstić information content (AvgIpc) is 2.86. The predicted molar refractivity (Wildman–Crippen MR) is 137 cm³/mol. The highest BCUT2D eigenvalue weighted by atomic mass is 79.9. The summed E-state index contributed by atoms with van der Waals surface area (Å²) >= 11 is 3.48. The van der Waals surface area contributed by atoms with Gasteiger partial charge in [-0.3, -0.25) is 9.97 Å². The Morgan fingerprint density at radius 3 is 2.51 bits per heavy atom. The van der Waals surface area contributed by atoms with E-state index in [9.17, 15) is 4.39 Å². The number of nitrogens with one attached hydrogen (secondary N) is 1. The lowest BCUT2D eigenvalue weighted by Crippen LogP contribution is -2.04. The quantitative estimate of drug-likeness (QED) is 0.254. The molecule has 0 atom stereocenters. The van der Waals surface area contributed by atoms with E-state index in [1.807, 2.05) is 49.4 Å². The van der Waals surface area contributed by atoms with E-state index >= 15 is 4.39 Å². The van der Waals surface area contributed by atoms with Crippen LogP contribution in [0.15, 0.2) is 77.5 Å². The zero-order chi connectivity index (χ0) is 24.5. The van der Waals surface area contributed by atoms with Crippen LogP contribution >= 0.6 is 15.9 Å². The Balaban J connectivity index is 1.77. The average molecular weight is 533 g/mol. The zero-order valence-electron chi connectivity index (χ0n) is 18.8. The first-order chi connectivity index (χ1) is 17.0. The maximum Gasteiger partial charge on any atom is 0.137 e. The molecule has 5 nitrogen and oxygen atoms in total. The monoisotopic (exact) mass is 532 g/mol. The van der Waals surface area contributed by atoms with Crippen LogP contribution in [0.5, 0.6) is 5.75 Å². The van der Waals surface area contributed by atoms with Crippen LogP contribution in [0.3, 0.4) is 0 Å². The lowest BCUT2D eigenvalue weighted by molar-refractivity contribution is 0.416. The number of rotatable bonds is 5. The van der Waals surface area contributed by atoms with Crippen molar-refractivity contribution < 1.29 is 13.5 Å². The molecule has 0 aliphatic rings. The van der Waals surface area contributed by atoms with Crippen molar-refractivity contribution in [2.75, 3.05) is 12.4 Å². The van der Waals surface area contributed by atoms with E-state index in [4.69, 9.17) is 4.74 Å². The third-order valence-electron chi connectivity index (χ3n) is 5.63. The molecule has 8 heteroatoms. The summed E-state index contributed by atoms with van der Waals surface area (Å²) in [5, 5.41) is 3.54. The fourth-order valence-corrected chi connectivity index (χ4v) is 4.37. The third-order valence-corrected chi connectivity index (χ3v) is 6.06. The first-order valence-electron chi connectivity index (χ1n) is 10.7. The van der Waals surface area contributed by atoms with Crippen LogP contribution in [0.2, 0.25) is 0 Å². The number of aromatic nitrogens is 3. The topological polar surface area (TPSA) is 59.9 Å². The molecule has 3 heterocycles. The van der Waals surface area contributed by atoms with Gasteiger partial charge in [0.2, 0.25) is 0 Å². The Labute approximate surface area is 209 Å². The number of para-hydroxylation sites is 1. The number of methoxy groups -OCH3 is 1. The van der Waals surface area contributed by atoms with Gasteiger partial charge in [-0.05, 0) is 53.2 Å². The molecule has 0 saturated carbocycles. The molecule has 0 unspecified atom stereocenters. The predicted octanol–water partition coefficient (Wildman–Crippen LogP) is 7.46. The molecule has 0 aliphatic heterocycles. The Hall–Kier alpha value is -3.91. The first-order valence-corrected chi connectivity index (χ1v) is 11.5. The van der Waals surface area contributed by atoms with Gasteiger partial charge in [0.1, 0.15) is 17.4 Å². The largest absolute Gasteiger partial charge is 0.496 e. The minimum Gasteiger partial charge on any atom is -0.496 e. The Morgan fingerprint density at radius 1 is 0.943 bits per heavy atom. The molecule has 0 bridgehead atoms. The summed E-state index contributed by atoms with van der Waals surface area (Å²) in [5.41, 5.74) is 4.38. The lowest BCUT2D eigenvalue weighted by Gasteiger charge is -2.19. The normalized spacial score (nSPS) is 11.0. The van der Waals surface area contributed by atoms with Crippen molar-refractivity contribution in [3.63, 3.8) is 0 Å². The smallest absolute Gasteiger partial charge is 0.137 e. The van der Waals surface area contributed by atoms with Crippen molar-refractivity contribution in [2.24, 2.45) is 0 Å². The van der Waals surface area contributed by atoms with Crippen LogP contribution in [-0.2, 0) is 0 Å². The van der Waals surface area contributed by atoms with E-state index in [1.165, 1.54) is 6.07 Å². The summed E-state index contributed by atoms with van der Waals surface area (Å²) in [6.45, 7) is 1.83. The minimum absolute atomic E-state index is 0.175. The second-order valence-electron chi connectivity index (χ2n) is 7.83. The van der Waals surface area contributed by atoms with Crippen molar-refractivity contribution in [1.82, 2.24) is 15.0 Å². The second-order valence-corrected chi connectivity index (χ2v) is 8.75. The summed E-state index contributed by atoms with van der Waals surface area (Å²) < 4.78 is 35.6. The fraction of sp³-hybridized carbons (Fsp3) is 0.0741. The van der Waals surface area contributed by atoms with Crippen molar-refractivity contribution in [3.05, 3.63) is 94.7 Å². The molecular weight excluding hydrogens is 514 g/mol. The maximum absolute atomic E-state index is 15.2. The Bertz CT molecular complexity index is 1560. The molecule has 35 heavy (non-hydrogen) atoms. The van der Waals surface area contributed by atoms with Gasteiger partial charge in [-0.2, -0.15) is 0 Å². The van der Waals surface area contributed by atoms with Crippen molar-refractivity contribution in [3.8, 4) is 28.4 Å². The Kier molecular flexibility index (Phi) is 6.13. The molecule has 0 spiro atoms. The Morgan fingerprint density at radius 2 is 1.74 bits per heavy atom. The number of hydrogen-bond acceptors (Lipinski definition) is 5. The summed E-state index contributed by atoms with van der Waals surface area (Å²) in [5.74, 6) is -0.778. The minimum atomic E-state index is -0.715. The third kappa shape index (κ3) is 4.33. The van der Waals surface area contributed by atoms with Gasteiger partial charge >= 0.3 is 0 Å². The zero-order valence-corrected chi connectivity index (χ0v) is 20.4. The van der Waals surface area contributed by atoms with Crippen molar-refractivity contribution >= 4 is 38.2 Å². The number of fused-ring (bicyclic) bond motifs is 1. The fourth-order valence-electron chi connectivity index (χ4n) is 4.04. The van der Waals surface area contributed by atoms with E-state index < -0.39 is 11.6 Å². The molecule has 5 aromatic rings. The number of anilines is 2. The molecule has 2 aromatic carbocycles. The number of nitrogens with zero attached hydrogens (tertiary/aromatic N) is 3. The summed E-state index contributed by atoms with van der Waals surface area (Å²) in [6.07, 6.45) is 3.33. The van der Waals surface area contributed by atoms with Gasteiger partial charge in [0.05, 0.1) is 46.5 Å². The van der Waals surface area contributed by atoms with Crippen LogP contribution in [-0.4, -0.2) is 22.1 Å². The van der Waals surface area contributed by atoms with Crippen LogP contribution in [0.4, 0.5) is 20.2 Å². The van der Waals surface area contributed by atoms with E-state index in [-0.39, 0.29) is 10.9 Å². The molecular formula is C27H19BrF2N4O. The number of pyridine rings is 3. The molecule has 0 aliphatic carbocycles. The summed E-state index contributed by atoms with van der Waals surface area (Å²) in [6, 6.07) is 16.9. The summed E-state index contributed by atoms with van der Waals surface area (Å²) in [4.78, 5) is 13.6. The van der Waals surface area contributed by atoms with Crippen molar-refractivity contribution in [2.45, 2.75) is 6.92 Å². The van der Waals surface area contributed by atoms with Gasteiger partial charge in [0, 0.05) is 40.1 Å². The van der Waals surface area contributed by atoms with Gasteiger partial charge < -0.3 is 10.1 Å². The molecule has 0 amide bonds. The van der Waals surface area contributed by atoms with Crippen LogP contribution in [0.25, 0.3) is 33.5 Å². The van der Waals surface area contributed by atoms with Gasteiger partial charge in [-0.25, -0.2) is 13.8 Å². The van der Waals surface area contributed by atoms with Crippen LogP contribution in [0, 0.1) is 18.6 Å². The molecule has 0 fully saturated rings. The van der Waals surface area contributed by atoms with Gasteiger partial charge in [0.25, 0.3) is 0 Å². The van der Waals surface area contributed by atoms with Crippen LogP contribution < -0.4 is 10.1 Å². The standard InChI is InChI=1S/C27H19BrF2N4O/c1-15-25(20-8-5-6-10-31-20)33-21-13-17(29)12-19(30)24(21)26(15)34-22-11-16(28)14-32-27(22)18-7-3-4-9-23(18)35-2/h3-14H,1-2H3,(H,33,34). The van der Waals surface area contributed by atoms with E-state index in [0.717, 1.165) is 16.1 Å². The maximum atomic E-state index is 15.2. The van der Waals surface area contributed by atoms with Gasteiger partial charge in [-0.1, -0.05) is 18.2 Å². The van der Waals surface area contributed by atoms with E-state index in [1.54, 1.807) is 25.6 Å². The molecule has 1 N–H and O–H groups in total. The van der Waals surface area contributed by atoms with E-state index in [2.05, 4.69) is 36.2 Å². The highest BCUT2D eigenvalue weighted by molar-refractivity contribution is 9.10. The second kappa shape index (κ2) is 9.38. The molecule has 174 valence electrons. The molecule has 0 saturated heterocycles. The van der Waals surface area contributed by atoms with E-state index in [0.29, 0.717) is 39.8 Å². The van der Waals surface area contributed by atoms with Gasteiger partial charge in [-0.15, -0.1) is 0 Å². The molecule has 3 aromatic heterocycles. The van der Waals surface area contributed by atoms with Crippen LogP contribution in [0.1, 0.15) is 5.56 Å². The number of ether oxygens (including phenoxy) is 1. The SMILES string of the molecule is COc1ccccc1-c1ncc(Br)cc1Nc1c(C)c(-c2ccccn2)nc2cc(F)cc(F)c12. The number of benzene rings is 2. The van der Waals surface area contributed by atoms with Crippen molar-refractivity contribution in [1.29, 1.82) is 0 Å². The molecule has 0 radical (unpaired) electrons. The first kappa shape index (κ1) is 22.9. The lowest BCUT2D eigenvalue weighted by atomic mass is 10.0.